The minimum atomic E-state index is 0.0489. The zero-order valence-corrected chi connectivity index (χ0v) is 10.1. The third kappa shape index (κ3) is 2.95. The summed E-state index contributed by atoms with van der Waals surface area (Å²) in [5.41, 5.74) is 0. The molecule has 2 aliphatic heterocycles. The Kier molecular flexibility index (Phi) is 4.18. The monoisotopic (exact) mass is 226 g/mol. The molecule has 2 unspecified atom stereocenters. The molecule has 2 rings (SSSR count). The molecule has 0 aromatic heterocycles. The van der Waals surface area contributed by atoms with Gasteiger partial charge in [-0.2, -0.15) is 0 Å². The lowest BCUT2D eigenvalue weighted by Crippen LogP contribution is -2.52. The lowest BCUT2D eigenvalue weighted by atomic mass is 10.1. The molecule has 2 saturated heterocycles. The highest BCUT2D eigenvalue weighted by atomic mass is 16.5. The predicted molar refractivity (Wildman–Crippen MR) is 62.3 cm³/mol. The lowest BCUT2D eigenvalue weighted by molar-refractivity contribution is -0.140. The van der Waals surface area contributed by atoms with Crippen LogP contribution in [0.2, 0.25) is 0 Å². The van der Waals surface area contributed by atoms with Crippen LogP contribution in [-0.2, 0) is 9.53 Å². The van der Waals surface area contributed by atoms with Crippen molar-refractivity contribution in [1.82, 2.24) is 10.2 Å². The van der Waals surface area contributed by atoms with Gasteiger partial charge in [-0.1, -0.05) is 12.8 Å². The Balaban J connectivity index is 1.89. The molecule has 16 heavy (non-hydrogen) atoms. The molecule has 0 saturated carbocycles. The number of hydrogen-bond acceptors (Lipinski definition) is 3. The second-order valence-electron chi connectivity index (χ2n) is 4.82. The Morgan fingerprint density at radius 1 is 1.38 bits per heavy atom. The molecule has 1 N–H and O–H groups in total. The van der Waals surface area contributed by atoms with E-state index in [9.17, 15) is 4.79 Å². The van der Waals surface area contributed by atoms with E-state index in [1.54, 1.807) is 0 Å². The van der Waals surface area contributed by atoms with Gasteiger partial charge in [0, 0.05) is 13.1 Å². The van der Waals surface area contributed by atoms with Crippen molar-refractivity contribution in [2.45, 2.75) is 44.8 Å². The summed E-state index contributed by atoms with van der Waals surface area (Å²) in [6.07, 6.45) is 4.79. The molecule has 4 nitrogen and oxygen atoms in total. The van der Waals surface area contributed by atoms with Gasteiger partial charge in [0.05, 0.1) is 18.8 Å². The van der Waals surface area contributed by atoms with Gasteiger partial charge in [0.2, 0.25) is 5.91 Å². The van der Waals surface area contributed by atoms with Gasteiger partial charge in [-0.15, -0.1) is 0 Å². The molecule has 92 valence electrons. The van der Waals surface area contributed by atoms with Crippen LogP contribution in [0.15, 0.2) is 0 Å². The van der Waals surface area contributed by atoms with Crippen LogP contribution >= 0.6 is 0 Å². The van der Waals surface area contributed by atoms with Gasteiger partial charge >= 0.3 is 0 Å². The van der Waals surface area contributed by atoms with Crippen LogP contribution < -0.4 is 5.32 Å². The molecule has 2 aliphatic rings. The van der Waals surface area contributed by atoms with Gasteiger partial charge < -0.3 is 15.0 Å². The van der Waals surface area contributed by atoms with Gasteiger partial charge in [-0.25, -0.2) is 0 Å². The van der Waals surface area contributed by atoms with Crippen LogP contribution in [-0.4, -0.2) is 49.2 Å². The van der Waals surface area contributed by atoms with E-state index in [0.717, 1.165) is 26.1 Å². The van der Waals surface area contributed by atoms with E-state index in [4.69, 9.17) is 4.74 Å². The average molecular weight is 226 g/mol. The second kappa shape index (κ2) is 5.64. The Morgan fingerprint density at radius 3 is 3.06 bits per heavy atom. The third-order valence-electron chi connectivity index (χ3n) is 3.41. The Labute approximate surface area is 97.3 Å². The molecule has 2 heterocycles. The van der Waals surface area contributed by atoms with Crippen LogP contribution in [0.25, 0.3) is 0 Å². The Morgan fingerprint density at radius 2 is 2.25 bits per heavy atom. The van der Waals surface area contributed by atoms with Gasteiger partial charge in [0.15, 0.2) is 0 Å². The quantitative estimate of drug-likeness (QED) is 0.718. The van der Waals surface area contributed by atoms with Gasteiger partial charge in [0.1, 0.15) is 0 Å². The summed E-state index contributed by atoms with van der Waals surface area (Å²) in [4.78, 5) is 14.2. The smallest absolute Gasteiger partial charge is 0.239 e. The second-order valence-corrected chi connectivity index (χ2v) is 4.82. The number of ether oxygens (including phenoxy) is 1. The van der Waals surface area contributed by atoms with Crippen molar-refractivity contribution < 1.29 is 9.53 Å². The third-order valence-corrected chi connectivity index (χ3v) is 3.41. The minimum absolute atomic E-state index is 0.0489. The largest absolute Gasteiger partial charge is 0.375 e. The van der Waals surface area contributed by atoms with Gasteiger partial charge in [-0.3, -0.25) is 4.79 Å². The first-order chi connectivity index (χ1) is 7.77. The molecular weight excluding hydrogens is 204 g/mol. The van der Waals surface area contributed by atoms with Gasteiger partial charge in [-0.05, 0) is 26.3 Å². The molecule has 2 fully saturated rings. The lowest BCUT2D eigenvalue weighted by Gasteiger charge is -2.33. The average Bonchev–Trinajstić information content (AvgIpc) is 2.56. The van der Waals surface area contributed by atoms with E-state index >= 15 is 0 Å². The van der Waals surface area contributed by atoms with Crippen molar-refractivity contribution in [3.63, 3.8) is 0 Å². The summed E-state index contributed by atoms with van der Waals surface area (Å²) < 4.78 is 5.46. The van der Waals surface area contributed by atoms with E-state index in [2.05, 4.69) is 5.32 Å². The molecule has 0 aromatic rings. The predicted octanol–water partition coefficient (Wildman–Crippen LogP) is 0.766. The fraction of sp³-hybridized carbons (Fsp3) is 0.917. The highest BCUT2D eigenvalue weighted by Gasteiger charge is 2.27. The minimum Gasteiger partial charge on any atom is -0.375 e. The maximum absolute atomic E-state index is 12.3. The topological polar surface area (TPSA) is 41.6 Å². The summed E-state index contributed by atoms with van der Waals surface area (Å²) in [6, 6.07) is 0.0489. The maximum atomic E-state index is 12.3. The number of hydrogen-bond donors (Lipinski definition) is 1. The summed E-state index contributed by atoms with van der Waals surface area (Å²) in [5, 5.41) is 3.36. The Bertz CT molecular complexity index is 233. The van der Waals surface area contributed by atoms with Crippen molar-refractivity contribution in [2.24, 2.45) is 0 Å². The van der Waals surface area contributed by atoms with Crippen LogP contribution in [0.1, 0.15) is 32.6 Å². The van der Waals surface area contributed by atoms with Crippen LogP contribution in [0.4, 0.5) is 0 Å². The van der Waals surface area contributed by atoms with Crippen molar-refractivity contribution in [3.8, 4) is 0 Å². The number of amides is 1. The summed E-state index contributed by atoms with van der Waals surface area (Å²) in [5.74, 6) is 0.275. The highest BCUT2D eigenvalue weighted by Crippen LogP contribution is 2.13. The summed E-state index contributed by atoms with van der Waals surface area (Å²) >= 11 is 0. The standard InChI is InChI=1S/C12H22N2O2/c1-10-9-14(7-8-16-10)12(15)11-5-3-2-4-6-13-11/h10-11,13H,2-9H2,1H3. The van der Waals surface area contributed by atoms with Crippen LogP contribution in [0, 0.1) is 0 Å². The van der Waals surface area contributed by atoms with E-state index in [0.29, 0.717) is 6.61 Å². The van der Waals surface area contributed by atoms with E-state index in [1.807, 2.05) is 11.8 Å². The Hall–Kier alpha value is -0.610. The normalized spacial score (nSPS) is 32.2. The number of nitrogens with zero attached hydrogens (tertiary/aromatic N) is 1. The molecule has 0 aromatic carbocycles. The van der Waals surface area contributed by atoms with Crippen LogP contribution in [0.5, 0.6) is 0 Å². The number of carbonyl (C=O) groups excluding carboxylic acids is 1. The first-order valence-electron chi connectivity index (χ1n) is 6.41. The van der Waals surface area contributed by atoms with E-state index < -0.39 is 0 Å². The number of morpholine rings is 1. The number of rotatable bonds is 1. The highest BCUT2D eigenvalue weighted by molar-refractivity contribution is 5.82. The molecular formula is C12H22N2O2. The van der Waals surface area contributed by atoms with Crippen molar-refractivity contribution >= 4 is 5.91 Å². The van der Waals surface area contributed by atoms with Crippen LogP contribution in [0.3, 0.4) is 0 Å². The number of nitrogens with one attached hydrogen (secondary N) is 1. The molecule has 2 atom stereocenters. The fourth-order valence-corrected chi connectivity index (χ4v) is 2.48. The molecule has 1 amide bonds. The van der Waals surface area contributed by atoms with Crippen molar-refractivity contribution in [1.29, 1.82) is 0 Å². The van der Waals surface area contributed by atoms with E-state index in [1.165, 1.54) is 19.3 Å². The molecule has 0 bridgehead atoms. The first kappa shape index (κ1) is 11.9. The maximum Gasteiger partial charge on any atom is 0.239 e. The number of carbonyl (C=O) groups is 1. The van der Waals surface area contributed by atoms with E-state index in [-0.39, 0.29) is 18.1 Å². The van der Waals surface area contributed by atoms with Crippen molar-refractivity contribution in [3.05, 3.63) is 0 Å². The SMILES string of the molecule is CC1CN(C(=O)C2CCCCCN2)CCO1. The van der Waals surface area contributed by atoms with Gasteiger partial charge in [0.25, 0.3) is 0 Å². The summed E-state index contributed by atoms with van der Waals surface area (Å²) in [7, 11) is 0. The first-order valence-corrected chi connectivity index (χ1v) is 6.41. The zero-order valence-electron chi connectivity index (χ0n) is 10.1. The zero-order chi connectivity index (χ0) is 11.4. The molecule has 0 spiro atoms. The molecule has 4 heteroatoms. The molecule has 0 radical (unpaired) electrons. The molecule has 0 aliphatic carbocycles. The fourth-order valence-electron chi connectivity index (χ4n) is 2.48. The van der Waals surface area contributed by atoms with Crippen molar-refractivity contribution in [2.75, 3.05) is 26.2 Å². The summed E-state index contributed by atoms with van der Waals surface area (Å²) in [6.45, 7) is 5.19.